The molecule has 1 nitrogen and oxygen atoms in total. The molecule has 4 aliphatic carbocycles. The van der Waals surface area contributed by atoms with Crippen LogP contribution in [0.25, 0.3) is 0 Å². The minimum atomic E-state index is -4.56. The van der Waals surface area contributed by atoms with Crippen LogP contribution in [0, 0.1) is 51.8 Å². The lowest BCUT2D eigenvalue weighted by Gasteiger charge is -2.62. The molecule has 1 N–H and O–H groups in total. The first-order chi connectivity index (χ1) is 15.5. The summed E-state index contributed by atoms with van der Waals surface area (Å²) in [5.74, 6) is 2.09. The van der Waals surface area contributed by atoms with Gasteiger partial charge in [0.25, 0.3) is 0 Å². The van der Waals surface area contributed by atoms with Crippen molar-refractivity contribution in [3.63, 3.8) is 0 Å². The molecule has 0 unspecified atom stereocenters. The molecule has 34 heavy (non-hydrogen) atoms. The summed E-state index contributed by atoms with van der Waals surface area (Å²) in [5, 5.41) is 9.46. The van der Waals surface area contributed by atoms with Crippen LogP contribution < -0.4 is 0 Å². The van der Waals surface area contributed by atoms with Gasteiger partial charge in [-0.3, -0.25) is 0 Å². The molecular formula is C27H42F6O. The number of aliphatic hydroxyl groups is 1. The van der Waals surface area contributed by atoms with Crippen LogP contribution in [0.2, 0.25) is 0 Å². The summed E-state index contributed by atoms with van der Waals surface area (Å²) in [6.45, 7) is 8.05. The quantitative estimate of drug-likeness (QED) is 0.387. The van der Waals surface area contributed by atoms with Gasteiger partial charge in [-0.1, -0.05) is 27.7 Å². The second-order valence-electron chi connectivity index (χ2n) is 13.3. The van der Waals surface area contributed by atoms with Crippen molar-refractivity contribution in [1.82, 2.24) is 0 Å². The average Bonchev–Trinajstić information content (AvgIpc) is 3.08. The van der Waals surface area contributed by atoms with E-state index in [0.717, 1.165) is 38.5 Å². The Morgan fingerprint density at radius 1 is 0.794 bits per heavy atom. The molecule has 0 aromatic heterocycles. The SMILES string of the molecule is C[C@H](CC[C@@H](O)C(F)(F)F)[C@H]1CC[C@H]2[C@@H]3CC[C@H]4C[C@](C)(C(F)(F)F)CC[C@]4(C)[C@H]3CC[C@]12C. The average molecular weight is 497 g/mol. The Balaban J connectivity index is 1.46. The van der Waals surface area contributed by atoms with Gasteiger partial charge in [0.15, 0.2) is 0 Å². The Hall–Kier alpha value is -0.460. The Kier molecular flexibility index (Phi) is 6.69. The third kappa shape index (κ3) is 4.22. The highest BCUT2D eigenvalue weighted by atomic mass is 19.4. The fourth-order valence-electron chi connectivity index (χ4n) is 9.47. The molecule has 4 rings (SSSR count). The minimum absolute atomic E-state index is 0.0322. The lowest BCUT2D eigenvalue weighted by atomic mass is 9.42. The predicted octanol–water partition coefficient (Wildman–Crippen LogP) is 8.55. The molecule has 0 spiro atoms. The van der Waals surface area contributed by atoms with E-state index in [-0.39, 0.29) is 41.9 Å². The highest BCUT2D eigenvalue weighted by Crippen LogP contribution is 2.70. The second-order valence-corrected chi connectivity index (χ2v) is 13.3. The van der Waals surface area contributed by atoms with Crippen LogP contribution in [0.1, 0.15) is 98.3 Å². The first-order valence-electron chi connectivity index (χ1n) is 13.3. The monoisotopic (exact) mass is 496 g/mol. The molecule has 4 aliphatic rings. The lowest BCUT2D eigenvalue weighted by molar-refractivity contribution is -0.251. The smallest absolute Gasteiger partial charge is 0.384 e. The molecule has 0 saturated heterocycles. The van der Waals surface area contributed by atoms with E-state index in [9.17, 15) is 31.4 Å². The number of aliphatic hydroxyl groups excluding tert-OH is 1. The molecule has 0 amide bonds. The van der Waals surface area contributed by atoms with Gasteiger partial charge in [-0.25, -0.2) is 0 Å². The van der Waals surface area contributed by atoms with E-state index >= 15 is 0 Å². The van der Waals surface area contributed by atoms with E-state index in [2.05, 4.69) is 13.8 Å². The van der Waals surface area contributed by atoms with E-state index in [1.807, 2.05) is 6.92 Å². The van der Waals surface area contributed by atoms with Crippen molar-refractivity contribution in [2.45, 2.75) is 117 Å². The summed E-state index contributed by atoms with van der Waals surface area (Å²) in [4.78, 5) is 0. The van der Waals surface area contributed by atoms with E-state index in [1.54, 1.807) is 0 Å². The van der Waals surface area contributed by atoms with Gasteiger partial charge < -0.3 is 5.11 Å². The molecule has 0 aromatic rings. The molecule has 0 aromatic carbocycles. The summed E-state index contributed by atoms with van der Waals surface area (Å²) >= 11 is 0. The number of alkyl halides is 6. The summed E-state index contributed by atoms with van der Waals surface area (Å²) in [6.07, 6.45) is -3.71. The van der Waals surface area contributed by atoms with Crippen LogP contribution >= 0.6 is 0 Å². The Morgan fingerprint density at radius 2 is 1.44 bits per heavy atom. The number of hydrogen-bond acceptors (Lipinski definition) is 1. The number of halogens is 6. The summed E-state index contributed by atoms with van der Waals surface area (Å²) in [5.41, 5.74) is -1.51. The first-order valence-corrected chi connectivity index (χ1v) is 13.3. The van der Waals surface area contributed by atoms with Crippen LogP contribution in [0.4, 0.5) is 26.3 Å². The molecule has 0 aliphatic heterocycles. The topological polar surface area (TPSA) is 20.2 Å². The summed E-state index contributed by atoms with van der Waals surface area (Å²) < 4.78 is 79.7. The maximum Gasteiger partial charge on any atom is 0.414 e. The van der Waals surface area contributed by atoms with Crippen molar-refractivity contribution >= 4 is 0 Å². The van der Waals surface area contributed by atoms with Gasteiger partial charge in [0, 0.05) is 0 Å². The largest absolute Gasteiger partial charge is 0.414 e. The van der Waals surface area contributed by atoms with Crippen LogP contribution in [0.5, 0.6) is 0 Å². The standard InChI is InChI=1S/C27H42F6O/c1-16(5-10-22(34)26(28,29)30)19-8-9-20-18-7-6-17-15-23(2,27(31,32)33)13-14-24(17,3)21(18)11-12-25(19,20)4/h16-22,34H,5-15H2,1-4H3/t16-,17+,18+,19-,20+,21+,22-,23-,24+,25-/m1/s1. The van der Waals surface area contributed by atoms with Crippen molar-refractivity contribution < 1.29 is 31.4 Å². The molecule has 0 heterocycles. The van der Waals surface area contributed by atoms with Gasteiger partial charge in [-0.15, -0.1) is 0 Å². The summed E-state index contributed by atoms with van der Waals surface area (Å²) in [7, 11) is 0. The van der Waals surface area contributed by atoms with Crippen molar-refractivity contribution in [3.05, 3.63) is 0 Å². The highest BCUT2D eigenvalue weighted by molar-refractivity contribution is 5.11. The van der Waals surface area contributed by atoms with Gasteiger partial charge >= 0.3 is 12.4 Å². The first kappa shape index (κ1) is 26.6. The van der Waals surface area contributed by atoms with Gasteiger partial charge in [-0.05, 0) is 117 Å². The van der Waals surface area contributed by atoms with Crippen LogP contribution in [-0.4, -0.2) is 23.6 Å². The van der Waals surface area contributed by atoms with Crippen LogP contribution in [0.15, 0.2) is 0 Å². The maximum absolute atomic E-state index is 13.8. The van der Waals surface area contributed by atoms with Crippen LogP contribution in [-0.2, 0) is 0 Å². The van der Waals surface area contributed by atoms with Crippen molar-refractivity contribution in [2.24, 2.45) is 51.8 Å². The zero-order valence-corrected chi connectivity index (χ0v) is 21.0. The predicted molar refractivity (Wildman–Crippen MR) is 120 cm³/mol. The molecule has 0 radical (unpaired) electrons. The van der Waals surface area contributed by atoms with E-state index < -0.39 is 23.9 Å². The molecule has 7 heteroatoms. The van der Waals surface area contributed by atoms with Crippen molar-refractivity contribution in [1.29, 1.82) is 0 Å². The third-order valence-electron chi connectivity index (χ3n) is 11.7. The Bertz CT molecular complexity index is 748. The van der Waals surface area contributed by atoms with Crippen molar-refractivity contribution in [3.8, 4) is 0 Å². The number of fused-ring (bicyclic) bond motifs is 5. The molecule has 4 fully saturated rings. The zero-order valence-electron chi connectivity index (χ0n) is 21.0. The fourth-order valence-corrected chi connectivity index (χ4v) is 9.47. The van der Waals surface area contributed by atoms with Crippen LogP contribution in [0.3, 0.4) is 0 Å². The normalized spacial score (nSPS) is 46.9. The maximum atomic E-state index is 13.8. The zero-order chi connectivity index (χ0) is 25.3. The van der Waals surface area contributed by atoms with Gasteiger partial charge in [-0.2, -0.15) is 26.3 Å². The second kappa shape index (κ2) is 8.55. The molecule has 4 saturated carbocycles. The van der Waals surface area contributed by atoms with Gasteiger partial charge in [0.2, 0.25) is 0 Å². The highest BCUT2D eigenvalue weighted by Gasteiger charge is 2.64. The number of hydrogen-bond donors (Lipinski definition) is 1. The lowest BCUT2D eigenvalue weighted by Crippen LogP contribution is -2.56. The van der Waals surface area contributed by atoms with Gasteiger partial charge in [0.05, 0.1) is 5.41 Å². The van der Waals surface area contributed by atoms with E-state index in [0.29, 0.717) is 36.5 Å². The molecule has 198 valence electrons. The summed E-state index contributed by atoms with van der Waals surface area (Å²) in [6, 6.07) is 0. The van der Waals surface area contributed by atoms with Gasteiger partial charge in [0.1, 0.15) is 6.10 Å². The van der Waals surface area contributed by atoms with E-state index in [4.69, 9.17) is 0 Å². The Labute approximate surface area is 200 Å². The van der Waals surface area contributed by atoms with Crippen molar-refractivity contribution in [2.75, 3.05) is 0 Å². The molecule has 0 bridgehead atoms. The fraction of sp³-hybridized carbons (Fsp3) is 1.00. The minimum Gasteiger partial charge on any atom is -0.384 e. The number of rotatable bonds is 4. The Morgan fingerprint density at radius 3 is 2.06 bits per heavy atom. The molecular weight excluding hydrogens is 454 g/mol. The van der Waals surface area contributed by atoms with E-state index in [1.165, 1.54) is 6.92 Å². The molecule has 10 atom stereocenters. The third-order valence-corrected chi connectivity index (χ3v) is 11.7.